The number of anilines is 1. The number of non-ortho nitro benzene ring substituents is 2. The van der Waals surface area contributed by atoms with E-state index in [4.69, 9.17) is 4.74 Å². The highest BCUT2D eigenvalue weighted by atomic mass is 16.6. The van der Waals surface area contributed by atoms with Crippen molar-refractivity contribution >= 4 is 23.0 Å². The molecule has 0 bridgehead atoms. The van der Waals surface area contributed by atoms with E-state index in [-0.39, 0.29) is 28.4 Å². The van der Waals surface area contributed by atoms with Gasteiger partial charge >= 0.3 is 0 Å². The van der Waals surface area contributed by atoms with Crippen molar-refractivity contribution in [2.75, 3.05) is 12.4 Å². The van der Waals surface area contributed by atoms with E-state index in [1.54, 1.807) is 0 Å². The number of carbonyl (C=O) groups is 1. The Kier molecular flexibility index (Phi) is 4.50. The Labute approximate surface area is 129 Å². The predicted molar refractivity (Wildman–Crippen MR) is 80.7 cm³/mol. The van der Waals surface area contributed by atoms with Crippen LogP contribution in [0.2, 0.25) is 0 Å². The van der Waals surface area contributed by atoms with Crippen LogP contribution in [0.3, 0.4) is 0 Å². The summed E-state index contributed by atoms with van der Waals surface area (Å²) in [5.74, 6) is -0.487. The number of methoxy groups -OCH3 is 1. The topological polar surface area (TPSA) is 125 Å². The van der Waals surface area contributed by atoms with E-state index < -0.39 is 15.8 Å². The lowest BCUT2D eigenvalue weighted by atomic mass is 10.2. The van der Waals surface area contributed by atoms with Crippen molar-refractivity contribution in [2.45, 2.75) is 0 Å². The Morgan fingerprint density at radius 1 is 1.04 bits per heavy atom. The van der Waals surface area contributed by atoms with Gasteiger partial charge in [0.2, 0.25) is 0 Å². The maximum Gasteiger partial charge on any atom is 0.273 e. The molecular formula is C14H11N3O6. The average molecular weight is 317 g/mol. The van der Waals surface area contributed by atoms with Gasteiger partial charge in [0.05, 0.1) is 28.7 Å². The summed E-state index contributed by atoms with van der Waals surface area (Å²) in [5, 5.41) is 24.0. The summed E-state index contributed by atoms with van der Waals surface area (Å²) in [6.07, 6.45) is 0. The summed E-state index contributed by atoms with van der Waals surface area (Å²) in [4.78, 5) is 32.4. The largest absolute Gasteiger partial charge is 0.494 e. The fourth-order valence-corrected chi connectivity index (χ4v) is 1.85. The molecule has 0 unspecified atom stereocenters. The van der Waals surface area contributed by atoms with Crippen molar-refractivity contribution in [1.29, 1.82) is 0 Å². The van der Waals surface area contributed by atoms with Crippen LogP contribution in [0.1, 0.15) is 10.4 Å². The van der Waals surface area contributed by atoms with Crippen molar-refractivity contribution in [3.05, 3.63) is 68.3 Å². The number of carbonyl (C=O) groups excluding carboxylic acids is 1. The molecule has 1 amide bonds. The highest BCUT2D eigenvalue weighted by molar-refractivity contribution is 6.05. The van der Waals surface area contributed by atoms with Crippen molar-refractivity contribution in [3.8, 4) is 5.75 Å². The molecule has 0 saturated carbocycles. The molecular weight excluding hydrogens is 306 g/mol. The molecule has 9 nitrogen and oxygen atoms in total. The van der Waals surface area contributed by atoms with Gasteiger partial charge in [0.1, 0.15) is 5.75 Å². The van der Waals surface area contributed by atoms with Crippen molar-refractivity contribution in [3.63, 3.8) is 0 Å². The first-order chi connectivity index (χ1) is 10.9. The van der Waals surface area contributed by atoms with E-state index in [9.17, 15) is 25.0 Å². The quantitative estimate of drug-likeness (QED) is 0.667. The molecule has 0 aliphatic rings. The van der Waals surface area contributed by atoms with E-state index in [1.165, 1.54) is 43.5 Å². The minimum atomic E-state index is -0.608. The molecule has 0 radical (unpaired) electrons. The third-order valence-electron chi connectivity index (χ3n) is 2.96. The smallest absolute Gasteiger partial charge is 0.273 e. The Balaban J connectivity index is 2.28. The molecule has 2 aromatic rings. The molecule has 118 valence electrons. The van der Waals surface area contributed by atoms with Crippen LogP contribution in [0.25, 0.3) is 0 Å². The molecule has 2 aromatic carbocycles. The van der Waals surface area contributed by atoms with Crippen LogP contribution in [-0.4, -0.2) is 22.9 Å². The number of nitrogens with zero attached hydrogens (tertiary/aromatic N) is 2. The first-order valence-electron chi connectivity index (χ1n) is 6.30. The Morgan fingerprint density at radius 3 is 2.30 bits per heavy atom. The number of amides is 1. The van der Waals surface area contributed by atoms with Gasteiger partial charge in [-0.1, -0.05) is 6.07 Å². The minimum absolute atomic E-state index is 0.0830. The highest BCUT2D eigenvalue weighted by Crippen LogP contribution is 2.29. The summed E-state index contributed by atoms with van der Waals surface area (Å²) in [5.41, 5.74) is -0.0993. The maximum atomic E-state index is 12.2. The monoisotopic (exact) mass is 317 g/mol. The molecule has 0 spiro atoms. The molecule has 0 aromatic heterocycles. The summed E-state index contributed by atoms with van der Waals surface area (Å²) in [6.45, 7) is 0. The molecule has 0 heterocycles. The molecule has 0 aliphatic heterocycles. The fraction of sp³-hybridized carbons (Fsp3) is 0.0714. The van der Waals surface area contributed by atoms with Crippen molar-refractivity contribution in [1.82, 2.24) is 0 Å². The van der Waals surface area contributed by atoms with E-state index in [0.717, 1.165) is 6.07 Å². The van der Waals surface area contributed by atoms with Gasteiger partial charge in [0.25, 0.3) is 17.3 Å². The molecule has 0 aliphatic carbocycles. The third kappa shape index (κ3) is 3.59. The minimum Gasteiger partial charge on any atom is -0.494 e. The molecule has 0 fully saturated rings. The van der Waals surface area contributed by atoms with Crippen LogP contribution in [0, 0.1) is 20.2 Å². The molecule has 1 N–H and O–H groups in total. The Morgan fingerprint density at radius 2 is 1.70 bits per heavy atom. The van der Waals surface area contributed by atoms with Crippen LogP contribution in [0.4, 0.5) is 17.1 Å². The van der Waals surface area contributed by atoms with Gasteiger partial charge in [-0.2, -0.15) is 0 Å². The van der Waals surface area contributed by atoms with Crippen LogP contribution in [0.5, 0.6) is 5.75 Å². The number of ether oxygens (including phenoxy) is 1. The highest BCUT2D eigenvalue weighted by Gasteiger charge is 2.16. The number of hydrogen-bond acceptors (Lipinski definition) is 6. The van der Waals surface area contributed by atoms with Crippen molar-refractivity contribution < 1.29 is 19.4 Å². The number of hydrogen-bond donors (Lipinski definition) is 1. The number of nitrogens with one attached hydrogen (secondary N) is 1. The van der Waals surface area contributed by atoms with E-state index in [2.05, 4.69) is 5.32 Å². The zero-order chi connectivity index (χ0) is 17.0. The molecule has 9 heteroatoms. The van der Waals surface area contributed by atoms with Gasteiger partial charge in [0, 0.05) is 23.8 Å². The second-order valence-electron chi connectivity index (χ2n) is 4.40. The Hall–Kier alpha value is -3.49. The third-order valence-corrected chi connectivity index (χ3v) is 2.96. The second-order valence-corrected chi connectivity index (χ2v) is 4.40. The predicted octanol–water partition coefficient (Wildman–Crippen LogP) is 2.76. The number of rotatable bonds is 5. The second kappa shape index (κ2) is 6.52. The van der Waals surface area contributed by atoms with Gasteiger partial charge < -0.3 is 10.1 Å². The molecule has 0 atom stereocenters. The zero-order valence-corrected chi connectivity index (χ0v) is 11.9. The summed E-state index contributed by atoms with van der Waals surface area (Å²) >= 11 is 0. The fourth-order valence-electron chi connectivity index (χ4n) is 1.85. The van der Waals surface area contributed by atoms with Gasteiger partial charge in [-0.3, -0.25) is 25.0 Å². The lowest BCUT2D eigenvalue weighted by Gasteiger charge is -2.10. The first kappa shape index (κ1) is 15.9. The normalized spacial score (nSPS) is 9.96. The maximum absolute atomic E-state index is 12.2. The summed E-state index contributed by atoms with van der Waals surface area (Å²) < 4.78 is 5.01. The van der Waals surface area contributed by atoms with Crippen LogP contribution < -0.4 is 10.1 Å². The summed E-state index contributed by atoms with van der Waals surface area (Å²) in [7, 11) is 1.31. The number of benzene rings is 2. The zero-order valence-electron chi connectivity index (χ0n) is 11.9. The lowest BCUT2D eigenvalue weighted by molar-refractivity contribution is -0.385. The Bertz CT molecular complexity index is 790. The van der Waals surface area contributed by atoms with Crippen molar-refractivity contribution in [2.24, 2.45) is 0 Å². The van der Waals surface area contributed by atoms with E-state index in [0.29, 0.717) is 0 Å². The molecule has 23 heavy (non-hydrogen) atoms. The first-order valence-corrected chi connectivity index (χ1v) is 6.30. The van der Waals surface area contributed by atoms with Crippen LogP contribution in [-0.2, 0) is 0 Å². The average Bonchev–Trinajstić information content (AvgIpc) is 2.55. The SMILES string of the molecule is COc1cc([N+](=O)[O-])ccc1NC(=O)c1cccc([N+](=O)[O-])c1. The number of nitro benzene ring substituents is 2. The summed E-state index contributed by atoms with van der Waals surface area (Å²) in [6, 6.07) is 8.91. The lowest BCUT2D eigenvalue weighted by Crippen LogP contribution is -2.13. The van der Waals surface area contributed by atoms with Gasteiger partial charge in [-0.25, -0.2) is 0 Å². The molecule has 0 saturated heterocycles. The molecule has 2 rings (SSSR count). The van der Waals surface area contributed by atoms with Gasteiger partial charge in [-0.05, 0) is 12.1 Å². The van der Waals surface area contributed by atoms with Crippen LogP contribution >= 0.6 is 0 Å². The standard InChI is InChI=1S/C14H11N3O6/c1-23-13-8-11(17(21)22)5-6-12(13)15-14(18)9-3-2-4-10(7-9)16(19)20/h2-8H,1H3,(H,15,18). The number of nitro groups is 2. The van der Waals surface area contributed by atoms with E-state index >= 15 is 0 Å². The van der Waals surface area contributed by atoms with E-state index in [1.807, 2.05) is 0 Å². The van der Waals surface area contributed by atoms with Crippen LogP contribution in [0.15, 0.2) is 42.5 Å². The van der Waals surface area contributed by atoms with Gasteiger partial charge in [-0.15, -0.1) is 0 Å². The van der Waals surface area contributed by atoms with Gasteiger partial charge in [0.15, 0.2) is 0 Å².